The van der Waals surface area contributed by atoms with Crippen LogP contribution in [-0.2, 0) is 4.79 Å². The summed E-state index contributed by atoms with van der Waals surface area (Å²) in [6.45, 7) is 7.79. The maximum atomic E-state index is 12.8. The first kappa shape index (κ1) is 21.4. The van der Waals surface area contributed by atoms with Crippen LogP contribution < -0.4 is 9.47 Å². The van der Waals surface area contributed by atoms with Crippen molar-refractivity contribution in [2.45, 2.75) is 58.5 Å². The van der Waals surface area contributed by atoms with Gasteiger partial charge in [-0.2, -0.15) is 0 Å². The van der Waals surface area contributed by atoms with Crippen molar-refractivity contribution in [3.63, 3.8) is 0 Å². The predicted octanol–water partition coefficient (Wildman–Crippen LogP) is 4.80. The number of Topliss-reactive ketones (excluding diaryl/α,β-unsaturated/α-hetero) is 1. The van der Waals surface area contributed by atoms with Crippen molar-refractivity contribution in [3.8, 4) is 11.5 Å². The van der Waals surface area contributed by atoms with E-state index in [1.807, 2.05) is 62.1 Å². The highest BCUT2D eigenvalue weighted by Crippen LogP contribution is 2.41. The van der Waals surface area contributed by atoms with Crippen molar-refractivity contribution in [2.75, 3.05) is 19.7 Å². The van der Waals surface area contributed by atoms with Crippen LogP contribution in [0.3, 0.4) is 0 Å². The maximum absolute atomic E-state index is 12.8. The molecule has 0 bridgehead atoms. The normalized spacial score (nSPS) is 17.3. The molecule has 2 aromatic rings. The van der Waals surface area contributed by atoms with Crippen molar-refractivity contribution in [3.05, 3.63) is 58.7 Å². The molecule has 0 aliphatic carbocycles. The molecule has 5 heteroatoms. The molecule has 1 fully saturated rings. The Kier molecular flexibility index (Phi) is 6.03. The largest absolute Gasteiger partial charge is 0.493 e. The number of aryl methyl sites for hydroxylation is 3. The molecule has 5 nitrogen and oxygen atoms in total. The summed E-state index contributed by atoms with van der Waals surface area (Å²) in [6, 6.07) is 11.9. The Balaban J connectivity index is 1.29. The van der Waals surface area contributed by atoms with Crippen LogP contribution in [0, 0.1) is 20.8 Å². The molecule has 1 spiro atoms. The highest BCUT2D eigenvalue weighted by molar-refractivity contribution is 6.01. The Morgan fingerprint density at radius 1 is 1.10 bits per heavy atom. The number of fused-ring (bicyclic) bond motifs is 1. The van der Waals surface area contributed by atoms with Gasteiger partial charge in [-0.15, -0.1) is 0 Å². The van der Waals surface area contributed by atoms with Crippen molar-refractivity contribution in [1.29, 1.82) is 0 Å². The number of ketones is 1. The third-order valence-electron chi connectivity index (χ3n) is 6.45. The number of ether oxygens (including phenoxy) is 2. The molecule has 0 radical (unpaired) electrons. The van der Waals surface area contributed by atoms with E-state index in [1.165, 1.54) is 0 Å². The first-order valence-electron chi connectivity index (χ1n) is 11.2. The average molecular weight is 422 g/mol. The van der Waals surface area contributed by atoms with E-state index in [0.717, 1.165) is 28.0 Å². The molecule has 0 unspecified atom stereocenters. The summed E-state index contributed by atoms with van der Waals surface area (Å²) >= 11 is 0. The van der Waals surface area contributed by atoms with Gasteiger partial charge in [-0.05, 0) is 56.0 Å². The Morgan fingerprint density at radius 3 is 2.58 bits per heavy atom. The second kappa shape index (κ2) is 8.74. The van der Waals surface area contributed by atoms with Crippen LogP contribution in [-0.4, -0.2) is 41.9 Å². The number of piperidine rings is 1. The number of likely N-dealkylation sites (tertiary alicyclic amines) is 1. The number of rotatable bonds is 5. The van der Waals surface area contributed by atoms with E-state index in [9.17, 15) is 9.59 Å². The van der Waals surface area contributed by atoms with E-state index >= 15 is 0 Å². The molecule has 0 saturated carbocycles. The fourth-order valence-electron chi connectivity index (χ4n) is 4.74. The number of amides is 1. The number of nitrogens with zero attached hydrogens (tertiary/aromatic N) is 1. The van der Waals surface area contributed by atoms with Crippen LogP contribution in [0.2, 0.25) is 0 Å². The highest BCUT2D eigenvalue weighted by atomic mass is 16.5. The monoisotopic (exact) mass is 421 g/mol. The van der Waals surface area contributed by atoms with E-state index < -0.39 is 5.60 Å². The predicted molar refractivity (Wildman–Crippen MR) is 120 cm³/mol. The van der Waals surface area contributed by atoms with Crippen LogP contribution in [0.1, 0.15) is 59.2 Å². The van der Waals surface area contributed by atoms with Crippen molar-refractivity contribution < 1.29 is 19.1 Å². The number of carbonyl (C=O) groups is 2. The molecule has 0 N–H and O–H groups in total. The summed E-state index contributed by atoms with van der Waals surface area (Å²) in [4.78, 5) is 27.4. The fraction of sp³-hybridized carbons (Fsp3) is 0.462. The molecule has 1 amide bonds. The van der Waals surface area contributed by atoms with E-state index in [-0.39, 0.29) is 11.7 Å². The minimum absolute atomic E-state index is 0.150. The molecule has 0 atom stereocenters. The lowest BCUT2D eigenvalue weighted by atomic mass is 9.81. The third-order valence-corrected chi connectivity index (χ3v) is 6.45. The van der Waals surface area contributed by atoms with Gasteiger partial charge in [0.15, 0.2) is 5.78 Å². The zero-order valence-electron chi connectivity index (χ0n) is 18.7. The van der Waals surface area contributed by atoms with Gasteiger partial charge in [-0.25, -0.2) is 0 Å². The average Bonchev–Trinajstić information content (AvgIpc) is 2.72. The fourth-order valence-corrected chi connectivity index (χ4v) is 4.74. The van der Waals surface area contributed by atoms with Crippen LogP contribution >= 0.6 is 0 Å². The second-order valence-corrected chi connectivity index (χ2v) is 8.94. The van der Waals surface area contributed by atoms with Gasteiger partial charge in [0.25, 0.3) is 0 Å². The van der Waals surface area contributed by atoms with Crippen molar-refractivity contribution >= 4 is 11.7 Å². The number of carbonyl (C=O) groups excluding carboxylic acids is 2. The molecule has 2 aromatic carbocycles. The van der Waals surface area contributed by atoms with Crippen molar-refractivity contribution in [2.24, 2.45) is 0 Å². The molecular weight excluding hydrogens is 390 g/mol. The minimum Gasteiger partial charge on any atom is -0.493 e. The van der Waals surface area contributed by atoms with Gasteiger partial charge >= 0.3 is 0 Å². The van der Waals surface area contributed by atoms with E-state index in [2.05, 4.69) is 0 Å². The Labute approximate surface area is 184 Å². The zero-order valence-corrected chi connectivity index (χ0v) is 18.7. The SMILES string of the molecule is Cc1cc(C)c2c(c1)OC1(CCN(C(=O)CCCOc3ccccc3C)CC1)CC2=O. The molecule has 1 saturated heterocycles. The Hall–Kier alpha value is -2.82. The van der Waals surface area contributed by atoms with Gasteiger partial charge in [-0.3, -0.25) is 9.59 Å². The highest BCUT2D eigenvalue weighted by Gasteiger charge is 2.44. The number of para-hydroxylation sites is 1. The first-order valence-corrected chi connectivity index (χ1v) is 11.2. The maximum Gasteiger partial charge on any atom is 0.222 e. The van der Waals surface area contributed by atoms with Gasteiger partial charge < -0.3 is 14.4 Å². The number of benzene rings is 2. The van der Waals surface area contributed by atoms with Crippen LogP contribution in [0.4, 0.5) is 0 Å². The Morgan fingerprint density at radius 2 is 1.84 bits per heavy atom. The molecule has 0 aromatic heterocycles. The summed E-state index contributed by atoms with van der Waals surface area (Å²) in [7, 11) is 0. The molecule has 31 heavy (non-hydrogen) atoms. The molecule has 2 heterocycles. The van der Waals surface area contributed by atoms with Gasteiger partial charge in [0.05, 0.1) is 18.6 Å². The Bertz CT molecular complexity index is 989. The van der Waals surface area contributed by atoms with Gasteiger partial charge in [0, 0.05) is 32.4 Å². The van der Waals surface area contributed by atoms with Crippen LogP contribution in [0.5, 0.6) is 11.5 Å². The minimum atomic E-state index is -0.477. The molecule has 2 aliphatic heterocycles. The molecule has 2 aliphatic rings. The second-order valence-electron chi connectivity index (χ2n) is 8.94. The van der Waals surface area contributed by atoms with Gasteiger partial charge in [0.1, 0.15) is 17.1 Å². The quantitative estimate of drug-likeness (QED) is 0.651. The molecule has 4 rings (SSSR count). The third kappa shape index (κ3) is 4.60. The first-order chi connectivity index (χ1) is 14.9. The zero-order chi connectivity index (χ0) is 22.0. The lowest BCUT2D eigenvalue weighted by Crippen LogP contribution is -2.52. The van der Waals surface area contributed by atoms with E-state index in [1.54, 1.807) is 0 Å². The summed E-state index contributed by atoms with van der Waals surface area (Å²) < 4.78 is 12.2. The molecular formula is C26H31NO4. The summed E-state index contributed by atoms with van der Waals surface area (Å²) in [5.74, 6) is 1.89. The van der Waals surface area contributed by atoms with Crippen molar-refractivity contribution in [1.82, 2.24) is 4.90 Å². The topological polar surface area (TPSA) is 55.8 Å². The smallest absolute Gasteiger partial charge is 0.222 e. The summed E-state index contributed by atoms with van der Waals surface area (Å²) in [5, 5.41) is 0. The van der Waals surface area contributed by atoms with Crippen LogP contribution in [0.25, 0.3) is 0 Å². The number of hydrogen-bond acceptors (Lipinski definition) is 4. The van der Waals surface area contributed by atoms with Crippen LogP contribution in [0.15, 0.2) is 36.4 Å². The van der Waals surface area contributed by atoms with E-state index in [4.69, 9.17) is 9.47 Å². The number of hydrogen-bond donors (Lipinski definition) is 0. The summed E-state index contributed by atoms with van der Waals surface area (Å²) in [5.41, 5.74) is 3.43. The van der Waals surface area contributed by atoms with Gasteiger partial charge in [-0.1, -0.05) is 24.3 Å². The van der Waals surface area contributed by atoms with E-state index in [0.29, 0.717) is 57.6 Å². The lowest BCUT2D eigenvalue weighted by Gasteiger charge is -2.44. The standard InChI is InChI=1S/C26H31NO4/c1-18-15-20(3)25-21(28)17-26(31-23(25)16-18)10-12-27(13-11-26)24(29)9-6-14-30-22-8-5-4-7-19(22)2/h4-5,7-8,15-16H,6,9-14,17H2,1-3H3. The van der Waals surface area contributed by atoms with Gasteiger partial charge in [0.2, 0.25) is 5.91 Å². The molecule has 164 valence electrons. The summed E-state index contributed by atoms with van der Waals surface area (Å²) in [6.07, 6.45) is 2.94. The lowest BCUT2D eigenvalue weighted by molar-refractivity contribution is -0.135.